The number of benzene rings is 2. The third-order valence-electron chi connectivity index (χ3n) is 2.70. The van der Waals surface area contributed by atoms with Gasteiger partial charge in [-0.1, -0.05) is 35.3 Å². The minimum Gasteiger partial charge on any atom is -0.457 e. The number of halogens is 2. The summed E-state index contributed by atoms with van der Waals surface area (Å²) >= 11 is 11.9. The first-order valence-electron chi connectivity index (χ1n) is 5.96. The highest BCUT2D eigenvalue weighted by molar-refractivity contribution is 6.34. The summed E-state index contributed by atoms with van der Waals surface area (Å²) < 4.78 is 5.86. The summed E-state index contributed by atoms with van der Waals surface area (Å²) in [4.78, 5) is 0. The lowest BCUT2D eigenvalue weighted by Crippen LogP contribution is -2.05. The molecule has 2 aromatic carbocycles. The maximum Gasteiger partial charge on any atom is 0.130 e. The van der Waals surface area contributed by atoms with Crippen molar-refractivity contribution in [2.75, 3.05) is 7.05 Å². The molecule has 0 atom stereocenters. The fraction of sp³-hybridized carbons (Fsp3) is 0.200. The van der Waals surface area contributed by atoms with Crippen LogP contribution >= 0.6 is 23.2 Å². The molecule has 19 heavy (non-hydrogen) atoms. The molecule has 2 aromatic rings. The van der Waals surface area contributed by atoms with Crippen LogP contribution in [0, 0.1) is 6.92 Å². The molecule has 0 bridgehead atoms. The van der Waals surface area contributed by atoms with Crippen molar-refractivity contribution in [2.24, 2.45) is 0 Å². The van der Waals surface area contributed by atoms with Crippen LogP contribution in [0.15, 0.2) is 36.4 Å². The lowest BCUT2D eigenvalue weighted by atomic mass is 10.1. The van der Waals surface area contributed by atoms with Gasteiger partial charge in [0.1, 0.15) is 11.5 Å². The molecule has 0 spiro atoms. The van der Waals surface area contributed by atoms with Gasteiger partial charge in [0, 0.05) is 16.6 Å². The molecule has 0 aliphatic rings. The summed E-state index contributed by atoms with van der Waals surface area (Å²) in [7, 11) is 1.91. The van der Waals surface area contributed by atoms with Crippen LogP contribution in [0.3, 0.4) is 0 Å². The Labute approximate surface area is 123 Å². The number of aryl methyl sites for hydroxylation is 1. The molecule has 0 fully saturated rings. The minimum atomic E-state index is 0.562. The van der Waals surface area contributed by atoms with Crippen LogP contribution in [0.5, 0.6) is 11.5 Å². The van der Waals surface area contributed by atoms with Crippen LogP contribution < -0.4 is 10.1 Å². The van der Waals surface area contributed by atoms with E-state index in [1.165, 1.54) is 0 Å². The zero-order valence-corrected chi connectivity index (χ0v) is 12.3. The van der Waals surface area contributed by atoms with E-state index in [1.807, 2.05) is 26.1 Å². The second-order valence-electron chi connectivity index (χ2n) is 4.34. The van der Waals surface area contributed by atoms with E-state index in [4.69, 9.17) is 27.9 Å². The quantitative estimate of drug-likeness (QED) is 0.874. The first kappa shape index (κ1) is 14.2. The van der Waals surface area contributed by atoms with Gasteiger partial charge in [0.25, 0.3) is 0 Å². The van der Waals surface area contributed by atoms with E-state index in [2.05, 4.69) is 11.4 Å². The average molecular weight is 296 g/mol. The van der Waals surface area contributed by atoms with Gasteiger partial charge in [0.05, 0.1) is 0 Å². The molecule has 0 saturated carbocycles. The monoisotopic (exact) mass is 295 g/mol. The zero-order chi connectivity index (χ0) is 13.8. The Kier molecular flexibility index (Phi) is 4.70. The molecule has 0 heterocycles. The third kappa shape index (κ3) is 3.87. The van der Waals surface area contributed by atoms with Gasteiger partial charge in [-0.3, -0.25) is 0 Å². The van der Waals surface area contributed by atoms with Crippen molar-refractivity contribution in [3.63, 3.8) is 0 Å². The second kappa shape index (κ2) is 6.29. The standard InChI is InChI=1S/C15H15Cl2NO/c1-10-3-4-11(9-18-2)5-15(10)19-14-7-12(16)6-13(17)8-14/h3-8,18H,9H2,1-2H3. The Bertz CT molecular complexity index is 564. The number of hydrogen-bond donors (Lipinski definition) is 1. The van der Waals surface area contributed by atoms with E-state index in [-0.39, 0.29) is 0 Å². The van der Waals surface area contributed by atoms with Gasteiger partial charge in [-0.05, 0) is 49.4 Å². The molecule has 0 aliphatic heterocycles. The van der Waals surface area contributed by atoms with Crippen molar-refractivity contribution in [1.29, 1.82) is 0 Å². The van der Waals surface area contributed by atoms with E-state index in [1.54, 1.807) is 18.2 Å². The molecule has 1 N–H and O–H groups in total. The summed E-state index contributed by atoms with van der Waals surface area (Å²) in [6.45, 7) is 2.80. The van der Waals surface area contributed by atoms with Gasteiger partial charge in [-0.15, -0.1) is 0 Å². The van der Waals surface area contributed by atoms with Crippen molar-refractivity contribution in [3.05, 3.63) is 57.6 Å². The number of nitrogens with one attached hydrogen (secondary N) is 1. The lowest BCUT2D eigenvalue weighted by molar-refractivity contribution is 0.478. The fourth-order valence-electron chi connectivity index (χ4n) is 1.78. The summed E-state index contributed by atoms with van der Waals surface area (Å²) in [5.74, 6) is 1.45. The Morgan fingerprint density at radius 3 is 2.37 bits per heavy atom. The zero-order valence-electron chi connectivity index (χ0n) is 10.8. The highest BCUT2D eigenvalue weighted by Crippen LogP contribution is 2.30. The molecule has 0 aromatic heterocycles. The second-order valence-corrected chi connectivity index (χ2v) is 5.21. The summed E-state index contributed by atoms with van der Waals surface area (Å²) in [5.41, 5.74) is 2.23. The molecule has 100 valence electrons. The molecule has 0 amide bonds. The van der Waals surface area contributed by atoms with Gasteiger partial charge in [-0.2, -0.15) is 0 Å². The number of hydrogen-bond acceptors (Lipinski definition) is 2. The number of rotatable bonds is 4. The van der Waals surface area contributed by atoms with Crippen molar-refractivity contribution in [3.8, 4) is 11.5 Å². The topological polar surface area (TPSA) is 21.3 Å². The van der Waals surface area contributed by atoms with Gasteiger partial charge in [0.15, 0.2) is 0 Å². The first-order valence-corrected chi connectivity index (χ1v) is 6.72. The molecule has 4 heteroatoms. The fourth-order valence-corrected chi connectivity index (χ4v) is 2.29. The van der Waals surface area contributed by atoms with Crippen LogP contribution in [0.4, 0.5) is 0 Å². The first-order chi connectivity index (χ1) is 9.08. The Morgan fingerprint density at radius 1 is 1.05 bits per heavy atom. The third-order valence-corrected chi connectivity index (χ3v) is 3.13. The van der Waals surface area contributed by atoms with Crippen LogP contribution in [0.25, 0.3) is 0 Å². The number of ether oxygens (including phenoxy) is 1. The van der Waals surface area contributed by atoms with Gasteiger partial charge in [-0.25, -0.2) is 0 Å². The van der Waals surface area contributed by atoms with Crippen molar-refractivity contribution >= 4 is 23.2 Å². The average Bonchev–Trinajstić information content (AvgIpc) is 2.32. The Balaban J connectivity index is 2.28. The lowest BCUT2D eigenvalue weighted by Gasteiger charge is -2.11. The van der Waals surface area contributed by atoms with Crippen LogP contribution in [0.1, 0.15) is 11.1 Å². The smallest absolute Gasteiger partial charge is 0.130 e. The van der Waals surface area contributed by atoms with Crippen LogP contribution in [-0.4, -0.2) is 7.05 Å². The van der Waals surface area contributed by atoms with E-state index in [0.29, 0.717) is 15.8 Å². The summed E-state index contributed by atoms with van der Waals surface area (Å²) in [6, 6.07) is 11.3. The maximum atomic E-state index is 5.96. The highest BCUT2D eigenvalue weighted by atomic mass is 35.5. The van der Waals surface area contributed by atoms with Crippen molar-refractivity contribution < 1.29 is 4.74 Å². The maximum absolute atomic E-state index is 5.96. The molecule has 2 nitrogen and oxygen atoms in total. The van der Waals surface area contributed by atoms with E-state index in [0.717, 1.165) is 23.4 Å². The normalized spacial score (nSPS) is 10.5. The molecule has 0 saturated heterocycles. The molecular formula is C15H15Cl2NO. The van der Waals surface area contributed by atoms with Crippen molar-refractivity contribution in [2.45, 2.75) is 13.5 Å². The highest BCUT2D eigenvalue weighted by Gasteiger charge is 2.05. The molecule has 2 rings (SSSR count). The van der Waals surface area contributed by atoms with Gasteiger partial charge < -0.3 is 10.1 Å². The predicted octanol–water partition coefficient (Wildman–Crippen LogP) is 4.81. The Morgan fingerprint density at radius 2 is 1.74 bits per heavy atom. The van der Waals surface area contributed by atoms with Crippen molar-refractivity contribution in [1.82, 2.24) is 5.32 Å². The molecular weight excluding hydrogens is 281 g/mol. The molecule has 0 unspecified atom stereocenters. The van der Waals surface area contributed by atoms with E-state index < -0.39 is 0 Å². The summed E-state index contributed by atoms with van der Waals surface area (Å²) in [6.07, 6.45) is 0. The Hall–Kier alpha value is -1.22. The van der Waals surface area contributed by atoms with Crippen LogP contribution in [-0.2, 0) is 6.54 Å². The largest absolute Gasteiger partial charge is 0.457 e. The van der Waals surface area contributed by atoms with E-state index >= 15 is 0 Å². The van der Waals surface area contributed by atoms with Crippen LogP contribution in [0.2, 0.25) is 10.0 Å². The molecule has 0 aliphatic carbocycles. The summed E-state index contributed by atoms with van der Waals surface area (Å²) in [5, 5.41) is 4.24. The predicted molar refractivity (Wildman–Crippen MR) is 80.5 cm³/mol. The van der Waals surface area contributed by atoms with Gasteiger partial charge >= 0.3 is 0 Å². The van der Waals surface area contributed by atoms with E-state index in [9.17, 15) is 0 Å². The SMILES string of the molecule is CNCc1ccc(C)c(Oc2cc(Cl)cc(Cl)c2)c1. The minimum absolute atomic E-state index is 0.562. The van der Waals surface area contributed by atoms with Gasteiger partial charge in [0.2, 0.25) is 0 Å². The molecule has 0 radical (unpaired) electrons.